The maximum absolute atomic E-state index is 12.6. The van der Waals surface area contributed by atoms with E-state index in [4.69, 9.17) is 4.74 Å². The number of para-hydroxylation sites is 1. The second-order valence-electron chi connectivity index (χ2n) is 7.17. The van der Waals surface area contributed by atoms with Crippen molar-refractivity contribution in [1.29, 1.82) is 0 Å². The molecule has 0 atom stereocenters. The Hall–Kier alpha value is -2.42. The smallest absolute Gasteiger partial charge is 0.249 e. The fourth-order valence-corrected chi connectivity index (χ4v) is 3.94. The molecule has 9 heteroatoms. The van der Waals surface area contributed by atoms with Gasteiger partial charge in [-0.1, -0.05) is 26.0 Å². The summed E-state index contributed by atoms with van der Waals surface area (Å²) in [6.07, 6.45) is 0.498. The average molecular weight is 394 g/mol. The number of aromatic nitrogens is 3. The van der Waals surface area contributed by atoms with Crippen LogP contribution in [0.15, 0.2) is 24.3 Å². The summed E-state index contributed by atoms with van der Waals surface area (Å²) in [5.74, 6) is 0.525. The SMILES string of the molecule is COc1ccccc1-c1nc(NC(=O)C(C)(C)S(=O)(=O)CCC(C)C)n[nH]1. The lowest BCUT2D eigenvalue weighted by Crippen LogP contribution is -2.46. The van der Waals surface area contributed by atoms with Crippen LogP contribution in [0.1, 0.15) is 34.1 Å². The number of anilines is 1. The van der Waals surface area contributed by atoms with Crippen LogP contribution in [0.5, 0.6) is 5.75 Å². The summed E-state index contributed by atoms with van der Waals surface area (Å²) >= 11 is 0. The van der Waals surface area contributed by atoms with Gasteiger partial charge in [-0.15, -0.1) is 5.10 Å². The number of benzene rings is 1. The highest BCUT2D eigenvalue weighted by Gasteiger charge is 2.41. The zero-order valence-electron chi connectivity index (χ0n) is 16.2. The predicted molar refractivity (Wildman–Crippen MR) is 104 cm³/mol. The minimum atomic E-state index is -3.63. The first kappa shape index (κ1) is 20.9. The minimum Gasteiger partial charge on any atom is -0.496 e. The molecule has 2 N–H and O–H groups in total. The van der Waals surface area contributed by atoms with Crippen LogP contribution >= 0.6 is 0 Å². The zero-order chi connectivity index (χ0) is 20.2. The van der Waals surface area contributed by atoms with Gasteiger partial charge in [-0.2, -0.15) is 4.98 Å². The van der Waals surface area contributed by atoms with Crippen molar-refractivity contribution in [2.24, 2.45) is 5.92 Å². The van der Waals surface area contributed by atoms with Crippen LogP contribution in [0.2, 0.25) is 0 Å². The molecule has 0 aliphatic heterocycles. The molecule has 8 nitrogen and oxygen atoms in total. The molecule has 0 unspecified atom stereocenters. The van der Waals surface area contributed by atoms with Gasteiger partial charge in [-0.25, -0.2) is 8.42 Å². The largest absolute Gasteiger partial charge is 0.496 e. The van der Waals surface area contributed by atoms with Gasteiger partial charge in [0.25, 0.3) is 0 Å². The summed E-state index contributed by atoms with van der Waals surface area (Å²) in [6, 6.07) is 7.22. The topological polar surface area (TPSA) is 114 Å². The number of carbonyl (C=O) groups is 1. The molecule has 27 heavy (non-hydrogen) atoms. The second-order valence-corrected chi connectivity index (χ2v) is 9.83. The number of H-pyrrole nitrogens is 1. The number of aromatic amines is 1. The number of sulfone groups is 1. The van der Waals surface area contributed by atoms with Gasteiger partial charge in [0.1, 0.15) is 10.5 Å². The van der Waals surface area contributed by atoms with E-state index in [2.05, 4.69) is 20.5 Å². The fraction of sp³-hybridized carbons (Fsp3) is 0.500. The number of rotatable bonds is 8. The molecule has 0 aliphatic carbocycles. The molecule has 1 amide bonds. The number of carbonyl (C=O) groups excluding carboxylic acids is 1. The number of ether oxygens (including phenoxy) is 1. The molecular formula is C18H26N4O4S. The van der Waals surface area contributed by atoms with E-state index in [0.717, 1.165) is 0 Å². The van der Waals surface area contributed by atoms with Gasteiger partial charge in [-0.05, 0) is 38.3 Å². The van der Waals surface area contributed by atoms with E-state index in [-0.39, 0.29) is 17.6 Å². The summed E-state index contributed by atoms with van der Waals surface area (Å²) in [6.45, 7) is 6.67. The highest BCUT2D eigenvalue weighted by Crippen LogP contribution is 2.27. The normalized spacial score (nSPS) is 12.2. The molecule has 1 heterocycles. The van der Waals surface area contributed by atoms with E-state index in [0.29, 0.717) is 23.6 Å². The van der Waals surface area contributed by atoms with Gasteiger partial charge in [0.05, 0.1) is 18.4 Å². The summed E-state index contributed by atoms with van der Waals surface area (Å²) in [7, 11) is -2.08. The molecule has 0 aliphatic rings. The lowest BCUT2D eigenvalue weighted by Gasteiger charge is -2.23. The van der Waals surface area contributed by atoms with Crippen LogP contribution in [0.25, 0.3) is 11.4 Å². The minimum absolute atomic E-state index is 0.00745. The standard InChI is InChI=1S/C18H26N4O4S/c1-12(2)10-11-27(24,25)18(3,4)16(23)20-17-19-15(21-22-17)13-8-6-7-9-14(13)26-5/h6-9,12H,10-11H2,1-5H3,(H2,19,20,21,22,23). The van der Waals surface area contributed by atoms with Crippen LogP contribution in [0.4, 0.5) is 5.95 Å². The highest BCUT2D eigenvalue weighted by molar-refractivity contribution is 7.93. The summed E-state index contributed by atoms with van der Waals surface area (Å²) in [5, 5.41) is 9.18. The summed E-state index contributed by atoms with van der Waals surface area (Å²) < 4.78 is 28.8. The third-order valence-electron chi connectivity index (χ3n) is 4.36. The number of hydrogen-bond acceptors (Lipinski definition) is 6. The Morgan fingerprint density at radius 2 is 1.96 bits per heavy atom. The van der Waals surface area contributed by atoms with Crippen molar-refractivity contribution < 1.29 is 17.9 Å². The Morgan fingerprint density at radius 3 is 2.59 bits per heavy atom. The summed E-state index contributed by atoms with van der Waals surface area (Å²) in [4.78, 5) is 16.8. The molecule has 1 aromatic carbocycles. The molecule has 148 valence electrons. The van der Waals surface area contributed by atoms with Crippen LogP contribution in [0.3, 0.4) is 0 Å². The molecule has 0 saturated heterocycles. The van der Waals surface area contributed by atoms with Crippen LogP contribution in [0, 0.1) is 5.92 Å². The van der Waals surface area contributed by atoms with E-state index >= 15 is 0 Å². The van der Waals surface area contributed by atoms with Gasteiger partial charge < -0.3 is 4.74 Å². The molecule has 0 bridgehead atoms. The van der Waals surface area contributed by atoms with E-state index in [1.54, 1.807) is 19.2 Å². The fourth-order valence-electron chi connectivity index (χ4n) is 2.32. The third-order valence-corrected chi connectivity index (χ3v) is 6.87. The molecule has 0 spiro atoms. The van der Waals surface area contributed by atoms with E-state index in [9.17, 15) is 13.2 Å². The molecule has 2 rings (SSSR count). The number of methoxy groups -OCH3 is 1. The van der Waals surface area contributed by atoms with Crippen molar-refractivity contribution in [1.82, 2.24) is 15.2 Å². The molecule has 0 radical (unpaired) electrons. The highest BCUT2D eigenvalue weighted by atomic mass is 32.2. The first-order valence-electron chi connectivity index (χ1n) is 8.68. The average Bonchev–Trinajstić information content (AvgIpc) is 3.08. The molecule has 2 aromatic rings. The number of amides is 1. The Morgan fingerprint density at radius 1 is 1.30 bits per heavy atom. The van der Waals surface area contributed by atoms with E-state index < -0.39 is 20.5 Å². The number of nitrogens with zero attached hydrogens (tertiary/aromatic N) is 2. The first-order chi connectivity index (χ1) is 12.6. The van der Waals surface area contributed by atoms with Gasteiger partial charge in [0.15, 0.2) is 15.7 Å². The van der Waals surface area contributed by atoms with Crippen molar-refractivity contribution in [3.63, 3.8) is 0 Å². The molecular weight excluding hydrogens is 368 g/mol. The predicted octanol–water partition coefficient (Wildman–Crippen LogP) is 2.66. The first-order valence-corrected chi connectivity index (χ1v) is 10.3. The van der Waals surface area contributed by atoms with Crippen molar-refractivity contribution in [3.8, 4) is 17.1 Å². The van der Waals surface area contributed by atoms with Gasteiger partial charge in [-0.3, -0.25) is 15.2 Å². The van der Waals surface area contributed by atoms with Crippen molar-refractivity contribution in [2.75, 3.05) is 18.2 Å². The lowest BCUT2D eigenvalue weighted by molar-refractivity contribution is -0.117. The van der Waals surface area contributed by atoms with Crippen molar-refractivity contribution in [2.45, 2.75) is 38.9 Å². The quantitative estimate of drug-likeness (QED) is 0.711. The van der Waals surface area contributed by atoms with Gasteiger partial charge >= 0.3 is 0 Å². The Labute approximate surface area is 159 Å². The van der Waals surface area contributed by atoms with E-state index in [1.165, 1.54) is 13.8 Å². The number of hydrogen-bond donors (Lipinski definition) is 2. The Bertz CT molecular complexity index is 904. The Balaban J connectivity index is 2.18. The zero-order valence-corrected chi connectivity index (χ0v) is 17.1. The third kappa shape index (κ3) is 4.65. The van der Waals surface area contributed by atoms with Crippen LogP contribution in [-0.4, -0.2) is 47.1 Å². The van der Waals surface area contributed by atoms with Crippen molar-refractivity contribution in [3.05, 3.63) is 24.3 Å². The maximum Gasteiger partial charge on any atom is 0.249 e. The van der Waals surface area contributed by atoms with Crippen LogP contribution < -0.4 is 10.1 Å². The number of nitrogens with one attached hydrogen (secondary N) is 2. The summed E-state index contributed by atoms with van der Waals surface area (Å²) in [5.41, 5.74) is 0.678. The maximum atomic E-state index is 12.6. The van der Waals surface area contributed by atoms with E-state index in [1.807, 2.05) is 26.0 Å². The van der Waals surface area contributed by atoms with Crippen molar-refractivity contribution >= 4 is 21.7 Å². The molecule has 0 fully saturated rings. The van der Waals surface area contributed by atoms with Gasteiger partial charge in [0.2, 0.25) is 11.9 Å². The monoisotopic (exact) mass is 394 g/mol. The molecule has 1 aromatic heterocycles. The molecule has 0 saturated carbocycles. The lowest BCUT2D eigenvalue weighted by atomic mass is 10.2. The van der Waals surface area contributed by atoms with Crippen LogP contribution in [-0.2, 0) is 14.6 Å². The second kappa shape index (κ2) is 8.08. The Kier molecular flexibility index (Phi) is 6.25. The van der Waals surface area contributed by atoms with Gasteiger partial charge in [0, 0.05) is 0 Å².